The summed E-state index contributed by atoms with van der Waals surface area (Å²) < 4.78 is 5.98. The Morgan fingerprint density at radius 3 is 2.44 bits per heavy atom. The van der Waals surface area contributed by atoms with E-state index in [0.29, 0.717) is 12.0 Å². The standard InChI is InChI=1S/C24H19NO2/c26-23-16-20(25-22-12-6-5-11-21(22)23)15-14-19-10-4-7-13-24(19)27-17-18-8-2-1-3-9-18/h1-16H,17H2,(H,25,26)/b15-14+. The van der Waals surface area contributed by atoms with Crippen LogP contribution in [-0.2, 0) is 6.61 Å². The Labute approximate surface area is 157 Å². The highest BCUT2D eigenvalue weighted by Gasteiger charge is 2.02. The number of ether oxygens (including phenoxy) is 1. The molecule has 0 aliphatic carbocycles. The Morgan fingerprint density at radius 1 is 0.815 bits per heavy atom. The van der Waals surface area contributed by atoms with Crippen LogP contribution in [0.25, 0.3) is 23.1 Å². The Kier molecular flexibility index (Phi) is 4.84. The van der Waals surface area contributed by atoms with Crippen molar-refractivity contribution < 1.29 is 4.74 Å². The number of rotatable bonds is 5. The molecule has 0 aliphatic rings. The predicted octanol–water partition coefficient (Wildman–Crippen LogP) is 5.28. The van der Waals surface area contributed by atoms with Gasteiger partial charge in [-0.3, -0.25) is 4.79 Å². The first-order chi connectivity index (χ1) is 13.3. The van der Waals surface area contributed by atoms with Crippen LogP contribution < -0.4 is 10.2 Å². The number of hydrogen-bond donors (Lipinski definition) is 1. The molecule has 0 radical (unpaired) electrons. The molecule has 4 rings (SSSR count). The molecule has 0 spiro atoms. The molecule has 0 atom stereocenters. The van der Waals surface area contributed by atoms with Crippen LogP contribution in [0.15, 0.2) is 89.7 Å². The molecule has 3 heteroatoms. The topological polar surface area (TPSA) is 42.1 Å². The van der Waals surface area contributed by atoms with E-state index in [-0.39, 0.29) is 5.43 Å². The molecule has 0 saturated carbocycles. The van der Waals surface area contributed by atoms with Gasteiger partial charge in [-0.2, -0.15) is 0 Å². The maximum Gasteiger partial charge on any atom is 0.189 e. The second-order valence-corrected chi connectivity index (χ2v) is 6.28. The number of nitrogens with one attached hydrogen (secondary N) is 1. The number of H-pyrrole nitrogens is 1. The molecule has 1 aromatic heterocycles. The molecule has 0 bridgehead atoms. The van der Waals surface area contributed by atoms with E-state index in [1.165, 1.54) is 0 Å². The lowest BCUT2D eigenvalue weighted by molar-refractivity contribution is 0.305. The first-order valence-electron chi connectivity index (χ1n) is 8.85. The Hall–Kier alpha value is -3.59. The Morgan fingerprint density at radius 2 is 1.56 bits per heavy atom. The van der Waals surface area contributed by atoms with Gasteiger partial charge < -0.3 is 9.72 Å². The quantitative estimate of drug-likeness (QED) is 0.530. The predicted molar refractivity (Wildman–Crippen MR) is 111 cm³/mol. The van der Waals surface area contributed by atoms with Crippen molar-refractivity contribution in [3.05, 3.63) is 112 Å². The third-order valence-corrected chi connectivity index (χ3v) is 4.36. The first-order valence-corrected chi connectivity index (χ1v) is 8.85. The summed E-state index contributed by atoms with van der Waals surface area (Å²) >= 11 is 0. The van der Waals surface area contributed by atoms with Crippen molar-refractivity contribution in [2.24, 2.45) is 0 Å². The zero-order valence-electron chi connectivity index (χ0n) is 14.8. The molecule has 3 nitrogen and oxygen atoms in total. The highest BCUT2D eigenvalue weighted by atomic mass is 16.5. The second kappa shape index (κ2) is 7.75. The van der Waals surface area contributed by atoms with Crippen molar-refractivity contribution >= 4 is 23.1 Å². The molecule has 1 heterocycles. The molecule has 0 unspecified atom stereocenters. The zero-order chi connectivity index (χ0) is 18.5. The van der Waals surface area contributed by atoms with E-state index in [2.05, 4.69) is 4.98 Å². The molecule has 27 heavy (non-hydrogen) atoms. The fourth-order valence-electron chi connectivity index (χ4n) is 2.97. The number of fused-ring (bicyclic) bond motifs is 1. The normalized spacial score (nSPS) is 11.1. The van der Waals surface area contributed by atoms with Crippen molar-refractivity contribution in [3.8, 4) is 5.75 Å². The number of aromatic nitrogens is 1. The summed E-state index contributed by atoms with van der Waals surface area (Å²) in [6.07, 6.45) is 3.86. The van der Waals surface area contributed by atoms with E-state index in [1.54, 1.807) is 6.07 Å². The molecule has 4 aromatic rings. The molecule has 0 aliphatic heterocycles. The zero-order valence-corrected chi connectivity index (χ0v) is 14.8. The molecule has 132 valence electrons. The molecule has 1 N–H and O–H groups in total. The highest BCUT2D eigenvalue weighted by Crippen LogP contribution is 2.22. The van der Waals surface area contributed by atoms with E-state index >= 15 is 0 Å². The SMILES string of the molecule is O=c1cc(/C=C/c2ccccc2OCc2ccccc2)[nH]c2ccccc12. The van der Waals surface area contributed by atoms with Crippen molar-refractivity contribution in [2.45, 2.75) is 6.61 Å². The summed E-state index contributed by atoms with van der Waals surface area (Å²) in [5.74, 6) is 0.806. The lowest BCUT2D eigenvalue weighted by Crippen LogP contribution is -2.02. The minimum Gasteiger partial charge on any atom is -0.488 e. The molecular formula is C24H19NO2. The van der Waals surface area contributed by atoms with E-state index in [1.807, 2.05) is 91.0 Å². The van der Waals surface area contributed by atoms with Crippen LogP contribution in [0.4, 0.5) is 0 Å². The highest BCUT2D eigenvalue weighted by molar-refractivity contribution is 5.81. The lowest BCUT2D eigenvalue weighted by Gasteiger charge is -2.09. The second-order valence-electron chi connectivity index (χ2n) is 6.28. The van der Waals surface area contributed by atoms with Gasteiger partial charge in [0.2, 0.25) is 0 Å². The third-order valence-electron chi connectivity index (χ3n) is 4.36. The van der Waals surface area contributed by atoms with Crippen LogP contribution in [0.2, 0.25) is 0 Å². The van der Waals surface area contributed by atoms with Gasteiger partial charge in [0, 0.05) is 28.2 Å². The Bertz CT molecular complexity index is 1140. The smallest absolute Gasteiger partial charge is 0.189 e. The van der Waals surface area contributed by atoms with E-state index < -0.39 is 0 Å². The fraction of sp³-hybridized carbons (Fsp3) is 0.0417. The van der Waals surface area contributed by atoms with E-state index in [0.717, 1.165) is 28.1 Å². The average Bonchev–Trinajstić information content (AvgIpc) is 2.72. The van der Waals surface area contributed by atoms with Crippen LogP contribution in [-0.4, -0.2) is 4.98 Å². The van der Waals surface area contributed by atoms with Crippen LogP contribution >= 0.6 is 0 Å². The number of aromatic amines is 1. The first kappa shape index (κ1) is 16.9. The van der Waals surface area contributed by atoms with Crippen molar-refractivity contribution in [2.75, 3.05) is 0 Å². The largest absolute Gasteiger partial charge is 0.488 e. The molecule has 0 amide bonds. The summed E-state index contributed by atoms with van der Waals surface area (Å²) in [5.41, 5.74) is 3.69. The van der Waals surface area contributed by atoms with Gasteiger partial charge in [0.15, 0.2) is 5.43 Å². The molecule has 3 aromatic carbocycles. The van der Waals surface area contributed by atoms with E-state index in [9.17, 15) is 4.79 Å². The maximum absolute atomic E-state index is 12.3. The Balaban J connectivity index is 1.58. The van der Waals surface area contributed by atoms with E-state index in [4.69, 9.17) is 4.74 Å². The maximum atomic E-state index is 12.3. The van der Waals surface area contributed by atoms with Crippen molar-refractivity contribution in [3.63, 3.8) is 0 Å². The van der Waals surface area contributed by atoms with Gasteiger partial charge >= 0.3 is 0 Å². The minimum atomic E-state index is 0.0117. The summed E-state index contributed by atoms with van der Waals surface area (Å²) in [6.45, 7) is 0.512. The minimum absolute atomic E-state index is 0.0117. The molecular weight excluding hydrogens is 334 g/mol. The van der Waals surface area contributed by atoms with Crippen molar-refractivity contribution in [1.29, 1.82) is 0 Å². The van der Waals surface area contributed by atoms with Crippen LogP contribution in [0.5, 0.6) is 5.75 Å². The van der Waals surface area contributed by atoms with Crippen LogP contribution in [0.3, 0.4) is 0 Å². The number of benzene rings is 3. The number of pyridine rings is 1. The number of hydrogen-bond acceptors (Lipinski definition) is 2. The average molecular weight is 353 g/mol. The van der Waals surface area contributed by atoms with Gasteiger partial charge in [-0.25, -0.2) is 0 Å². The number of para-hydroxylation sites is 2. The van der Waals surface area contributed by atoms with Gasteiger partial charge in [-0.1, -0.05) is 60.7 Å². The summed E-state index contributed by atoms with van der Waals surface area (Å²) in [4.78, 5) is 15.5. The van der Waals surface area contributed by atoms with Gasteiger partial charge in [-0.15, -0.1) is 0 Å². The van der Waals surface area contributed by atoms with Crippen LogP contribution in [0, 0.1) is 0 Å². The van der Waals surface area contributed by atoms with Gasteiger partial charge in [0.05, 0.1) is 0 Å². The van der Waals surface area contributed by atoms with Gasteiger partial charge in [0.1, 0.15) is 12.4 Å². The summed E-state index contributed by atoms with van der Waals surface area (Å²) in [7, 11) is 0. The van der Waals surface area contributed by atoms with Crippen molar-refractivity contribution in [1.82, 2.24) is 4.98 Å². The fourth-order valence-corrected chi connectivity index (χ4v) is 2.97. The summed E-state index contributed by atoms with van der Waals surface area (Å²) in [5, 5.41) is 0.696. The molecule has 0 fully saturated rings. The van der Waals surface area contributed by atoms with Gasteiger partial charge in [-0.05, 0) is 35.9 Å². The summed E-state index contributed by atoms with van der Waals surface area (Å²) in [6, 6.07) is 27.1. The lowest BCUT2D eigenvalue weighted by atomic mass is 10.1. The third kappa shape index (κ3) is 3.98. The van der Waals surface area contributed by atoms with Gasteiger partial charge in [0.25, 0.3) is 0 Å². The van der Waals surface area contributed by atoms with Crippen LogP contribution in [0.1, 0.15) is 16.8 Å². The monoisotopic (exact) mass is 353 g/mol. The molecule has 0 saturated heterocycles.